The van der Waals surface area contributed by atoms with Gasteiger partial charge in [-0.25, -0.2) is 9.98 Å². The summed E-state index contributed by atoms with van der Waals surface area (Å²) in [6, 6.07) is 3.87. The monoisotopic (exact) mass is 362 g/mol. The molecule has 0 unspecified atom stereocenters. The average molecular weight is 363 g/mol. The number of methoxy groups -OCH3 is 1. The maximum absolute atomic E-state index is 5.48. The van der Waals surface area contributed by atoms with E-state index in [0.717, 1.165) is 37.5 Å². The predicted octanol–water partition coefficient (Wildman–Crippen LogP) is 3.25. The molecule has 0 fully saturated rings. The summed E-state index contributed by atoms with van der Waals surface area (Å²) in [5, 5.41) is 3.35. The van der Waals surface area contributed by atoms with Crippen molar-refractivity contribution in [2.24, 2.45) is 4.99 Å². The third-order valence-corrected chi connectivity index (χ3v) is 3.84. The van der Waals surface area contributed by atoms with Gasteiger partial charge in [0.1, 0.15) is 6.61 Å². The second kappa shape index (κ2) is 14.1. The standard InChI is InChI=1S/C20H34N4O2/c1-5-7-8-9-10-13-24(3)20(21-6-2)23-17-18-11-12-19(22-16-18)26-15-14-25-4/h5,11-12,16H,1,6-10,13-15,17H2,2-4H3,(H,21,23). The number of unbranched alkanes of at least 4 members (excludes halogenated alkanes) is 3. The Labute approximate surface area is 158 Å². The number of aromatic nitrogens is 1. The molecule has 0 bridgehead atoms. The highest BCUT2D eigenvalue weighted by molar-refractivity contribution is 5.79. The molecule has 0 aliphatic carbocycles. The van der Waals surface area contributed by atoms with Gasteiger partial charge in [0.2, 0.25) is 5.88 Å². The van der Waals surface area contributed by atoms with E-state index < -0.39 is 0 Å². The molecule has 0 saturated heterocycles. The SMILES string of the molecule is C=CCCCCCN(C)C(=NCc1ccc(OCCOC)nc1)NCC. The zero-order chi connectivity index (χ0) is 19.0. The van der Waals surface area contributed by atoms with E-state index in [4.69, 9.17) is 14.5 Å². The van der Waals surface area contributed by atoms with Gasteiger partial charge in [0.15, 0.2) is 5.96 Å². The van der Waals surface area contributed by atoms with Crippen molar-refractivity contribution in [1.82, 2.24) is 15.2 Å². The van der Waals surface area contributed by atoms with Gasteiger partial charge in [-0.2, -0.15) is 0 Å². The van der Waals surface area contributed by atoms with Gasteiger partial charge in [-0.05, 0) is 31.7 Å². The summed E-state index contributed by atoms with van der Waals surface area (Å²) in [5.74, 6) is 1.54. The van der Waals surface area contributed by atoms with Crippen LogP contribution in [0.4, 0.5) is 0 Å². The highest BCUT2D eigenvalue weighted by Crippen LogP contribution is 2.09. The number of rotatable bonds is 13. The summed E-state index contributed by atoms with van der Waals surface area (Å²) >= 11 is 0. The van der Waals surface area contributed by atoms with Gasteiger partial charge < -0.3 is 19.7 Å². The Bertz CT molecular complexity index is 517. The molecule has 0 saturated carbocycles. The van der Waals surface area contributed by atoms with Crippen LogP contribution >= 0.6 is 0 Å². The van der Waals surface area contributed by atoms with Crippen LogP contribution in [-0.2, 0) is 11.3 Å². The van der Waals surface area contributed by atoms with Crippen molar-refractivity contribution >= 4 is 5.96 Å². The van der Waals surface area contributed by atoms with Crippen LogP contribution in [0.5, 0.6) is 5.88 Å². The van der Waals surface area contributed by atoms with E-state index in [1.165, 1.54) is 12.8 Å². The predicted molar refractivity (Wildman–Crippen MR) is 108 cm³/mol. The lowest BCUT2D eigenvalue weighted by Gasteiger charge is -2.22. The van der Waals surface area contributed by atoms with Gasteiger partial charge >= 0.3 is 0 Å². The Kier molecular flexibility index (Phi) is 11.9. The van der Waals surface area contributed by atoms with Crippen molar-refractivity contribution in [1.29, 1.82) is 0 Å². The zero-order valence-corrected chi connectivity index (χ0v) is 16.5. The van der Waals surface area contributed by atoms with E-state index in [0.29, 0.717) is 25.6 Å². The molecule has 0 atom stereocenters. The van der Waals surface area contributed by atoms with E-state index in [9.17, 15) is 0 Å². The number of aliphatic imine (C=N–C) groups is 1. The summed E-state index contributed by atoms with van der Waals surface area (Å²) in [6.45, 7) is 9.34. The van der Waals surface area contributed by atoms with Crippen LogP contribution in [0.15, 0.2) is 36.0 Å². The minimum atomic E-state index is 0.503. The molecule has 26 heavy (non-hydrogen) atoms. The number of pyridine rings is 1. The van der Waals surface area contributed by atoms with E-state index in [1.54, 1.807) is 7.11 Å². The van der Waals surface area contributed by atoms with Crippen molar-refractivity contribution in [3.05, 3.63) is 36.5 Å². The molecular weight excluding hydrogens is 328 g/mol. The first-order valence-electron chi connectivity index (χ1n) is 9.38. The van der Waals surface area contributed by atoms with Gasteiger partial charge in [-0.15, -0.1) is 6.58 Å². The van der Waals surface area contributed by atoms with Crippen LogP contribution in [0.1, 0.15) is 38.2 Å². The van der Waals surface area contributed by atoms with E-state index >= 15 is 0 Å². The molecule has 0 spiro atoms. The van der Waals surface area contributed by atoms with E-state index in [1.807, 2.05) is 24.4 Å². The number of hydrogen-bond acceptors (Lipinski definition) is 4. The molecule has 6 heteroatoms. The first-order chi connectivity index (χ1) is 12.7. The molecule has 0 aliphatic heterocycles. The summed E-state index contributed by atoms with van der Waals surface area (Å²) < 4.78 is 10.4. The molecule has 1 N–H and O–H groups in total. The largest absolute Gasteiger partial charge is 0.475 e. The molecule has 1 aromatic heterocycles. The molecule has 6 nitrogen and oxygen atoms in total. The summed E-state index contributed by atoms with van der Waals surface area (Å²) in [4.78, 5) is 11.2. The third-order valence-electron chi connectivity index (χ3n) is 3.84. The fourth-order valence-electron chi connectivity index (χ4n) is 2.38. The topological polar surface area (TPSA) is 59.0 Å². The molecule has 1 heterocycles. The molecule has 1 rings (SSSR count). The number of guanidine groups is 1. The maximum atomic E-state index is 5.48. The fraction of sp³-hybridized carbons (Fsp3) is 0.600. The number of hydrogen-bond donors (Lipinski definition) is 1. The van der Waals surface area contributed by atoms with Crippen LogP contribution in [-0.4, -0.2) is 56.3 Å². The maximum Gasteiger partial charge on any atom is 0.213 e. The quantitative estimate of drug-likeness (QED) is 0.253. The number of ether oxygens (including phenoxy) is 2. The second-order valence-electron chi connectivity index (χ2n) is 6.08. The molecule has 146 valence electrons. The first-order valence-corrected chi connectivity index (χ1v) is 9.38. The number of nitrogens with one attached hydrogen (secondary N) is 1. The molecular formula is C20H34N4O2. The molecule has 0 amide bonds. The lowest BCUT2D eigenvalue weighted by molar-refractivity contribution is 0.143. The van der Waals surface area contributed by atoms with Crippen LogP contribution in [0, 0.1) is 0 Å². The van der Waals surface area contributed by atoms with Crippen LogP contribution in [0.3, 0.4) is 0 Å². The Morgan fingerprint density at radius 2 is 2.15 bits per heavy atom. The molecule has 0 radical (unpaired) electrons. The van der Waals surface area contributed by atoms with E-state index in [-0.39, 0.29) is 0 Å². The van der Waals surface area contributed by atoms with Crippen LogP contribution in [0.25, 0.3) is 0 Å². The molecule has 0 aliphatic rings. The van der Waals surface area contributed by atoms with Crippen LogP contribution < -0.4 is 10.1 Å². The van der Waals surface area contributed by atoms with Crippen molar-refractivity contribution in [2.75, 3.05) is 40.5 Å². The Hall–Kier alpha value is -2.08. The normalized spacial score (nSPS) is 11.3. The van der Waals surface area contributed by atoms with Gasteiger partial charge in [-0.1, -0.05) is 18.6 Å². The molecule has 0 aromatic carbocycles. The Morgan fingerprint density at radius 3 is 2.81 bits per heavy atom. The highest BCUT2D eigenvalue weighted by atomic mass is 16.5. The third kappa shape index (κ3) is 9.42. The first kappa shape index (κ1) is 22.0. The van der Waals surface area contributed by atoms with Crippen molar-refractivity contribution in [2.45, 2.75) is 39.2 Å². The minimum absolute atomic E-state index is 0.503. The number of nitrogens with zero attached hydrogens (tertiary/aromatic N) is 3. The van der Waals surface area contributed by atoms with Gasteiger partial charge in [0.05, 0.1) is 13.2 Å². The summed E-state index contributed by atoms with van der Waals surface area (Å²) in [5.41, 5.74) is 1.05. The van der Waals surface area contributed by atoms with Gasteiger partial charge in [0.25, 0.3) is 0 Å². The Morgan fingerprint density at radius 1 is 1.31 bits per heavy atom. The van der Waals surface area contributed by atoms with Crippen molar-refractivity contribution in [3.8, 4) is 5.88 Å². The van der Waals surface area contributed by atoms with Crippen LogP contribution in [0.2, 0.25) is 0 Å². The van der Waals surface area contributed by atoms with E-state index in [2.05, 4.69) is 35.8 Å². The zero-order valence-electron chi connectivity index (χ0n) is 16.5. The number of allylic oxidation sites excluding steroid dienone is 1. The highest BCUT2D eigenvalue weighted by Gasteiger charge is 2.05. The average Bonchev–Trinajstić information content (AvgIpc) is 2.66. The van der Waals surface area contributed by atoms with Gasteiger partial charge in [0, 0.05) is 39.5 Å². The smallest absolute Gasteiger partial charge is 0.213 e. The lowest BCUT2D eigenvalue weighted by atomic mass is 10.2. The fourth-order valence-corrected chi connectivity index (χ4v) is 2.38. The summed E-state index contributed by atoms with van der Waals surface area (Å²) in [7, 11) is 3.73. The summed E-state index contributed by atoms with van der Waals surface area (Å²) in [6.07, 6.45) is 8.46. The van der Waals surface area contributed by atoms with Gasteiger partial charge in [-0.3, -0.25) is 0 Å². The lowest BCUT2D eigenvalue weighted by Crippen LogP contribution is -2.39. The second-order valence-corrected chi connectivity index (χ2v) is 6.08. The molecule has 1 aromatic rings. The minimum Gasteiger partial charge on any atom is -0.475 e. The van der Waals surface area contributed by atoms with Crippen molar-refractivity contribution < 1.29 is 9.47 Å². The van der Waals surface area contributed by atoms with Crippen molar-refractivity contribution in [3.63, 3.8) is 0 Å². The Balaban J connectivity index is 2.49.